The zero-order valence-electron chi connectivity index (χ0n) is 10.7. The molecule has 7 heteroatoms. The van der Waals surface area contributed by atoms with Gasteiger partial charge < -0.3 is 5.32 Å². The number of aromatic nitrogens is 4. The van der Waals surface area contributed by atoms with Gasteiger partial charge in [-0.15, -0.1) is 0 Å². The van der Waals surface area contributed by atoms with Gasteiger partial charge in [0.2, 0.25) is 5.13 Å². The zero-order chi connectivity index (χ0) is 13.9. The number of para-hydroxylation sites is 1. The van der Waals surface area contributed by atoms with Crippen molar-refractivity contribution < 1.29 is 4.39 Å². The van der Waals surface area contributed by atoms with Crippen molar-refractivity contribution in [1.82, 2.24) is 19.1 Å². The molecule has 0 atom stereocenters. The highest BCUT2D eigenvalue weighted by molar-refractivity contribution is 7.09. The Morgan fingerprint density at radius 3 is 2.95 bits per heavy atom. The molecule has 2 heterocycles. The van der Waals surface area contributed by atoms with Crippen LogP contribution in [0.4, 0.5) is 15.2 Å². The molecule has 102 valence electrons. The van der Waals surface area contributed by atoms with E-state index < -0.39 is 0 Å². The Bertz CT molecular complexity index is 721. The molecule has 0 aliphatic carbocycles. The first kappa shape index (κ1) is 12.7. The standard InChI is InChI=1S/C13H12FN5S/c1-2-12-17-13(20-18-12)16-9-7-15-19(8-9)11-6-4-3-5-10(11)14/h3-8H,2H2,1H3,(H,16,17,18). The molecule has 0 amide bonds. The third-order valence-corrected chi connectivity index (χ3v) is 3.39. The van der Waals surface area contributed by atoms with Gasteiger partial charge in [0.15, 0.2) is 0 Å². The summed E-state index contributed by atoms with van der Waals surface area (Å²) in [5.41, 5.74) is 1.15. The summed E-state index contributed by atoms with van der Waals surface area (Å²) in [5, 5.41) is 7.95. The second kappa shape index (κ2) is 5.38. The number of nitrogens with one attached hydrogen (secondary N) is 1. The van der Waals surface area contributed by atoms with Gasteiger partial charge in [-0.1, -0.05) is 19.1 Å². The largest absolute Gasteiger partial charge is 0.328 e. The highest BCUT2D eigenvalue weighted by atomic mass is 32.1. The molecular formula is C13H12FN5S. The summed E-state index contributed by atoms with van der Waals surface area (Å²) in [7, 11) is 0. The van der Waals surface area contributed by atoms with Crippen LogP contribution in [0.1, 0.15) is 12.7 Å². The number of halogens is 1. The fourth-order valence-corrected chi connectivity index (χ4v) is 2.40. The monoisotopic (exact) mass is 289 g/mol. The number of nitrogens with zero attached hydrogens (tertiary/aromatic N) is 4. The predicted octanol–water partition coefficient (Wildman–Crippen LogP) is 3.17. The van der Waals surface area contributed by atoms with Crippen LogP contribution in [0.2, 0.25) is 0 Å². The molecule has 0 fully saturated rings. The van der Waals surface area contributed by atoms with E-state index in [2.05, 4.69) is 19.8 Å². The zero-order valence-corrected chi connectivity index (χ0v) is 11.6. The van der Waals surface area contributed by atoms with Crippen LogP contribution in [0.25, 0.3) is 5.69 Å². The van der Waals surface area contributed by atoms with Crippen molar-refractivity contribution in [2.45, 2.75) is 13.3 Å². The molecular weight excluding hydrogens is 277 g/mol. The van der Waals surface area contributed by atoms with Gasteiger partial charge in [0.05, 0.1) is 18.1 Å². The summed E-state index contributed by atoms with van der Waals surface area (Å²) >= 11 is 1.29. The Morgan fingerprint density at radius 1 is 1.35 bits per heavy atom. The number of anilines is 2. The van der Waals surface area contributed by atoms with Crippen LogP contribution in [0.15, 0.2) is 36.7 Å². The maximum Gasteiger partial charge on any atom is 0.207 e. The minimum absolute atomic E-state index is 0.314. The van der Waals surface area contributed by atoms with Crippen molar-refractivity contribution >= 4 is 22.4 Å². The lowest BCUT2D eigenvalue weighted by Gasteiger charge is -2.01. The molecule has 0 radical (unpaired) electrons. The van der Waals surface area contributed by atoms with Crippen LogP contribution < -0.4 is 5.32 Å². The summed E-state index contributed by atoms with van der Waals surface area (Å²) in [6, 6.07) is 6.50. The van der Waals surface area contributed by atoms with Crippen LogP contribution in [0.3, 0.4) is 0 Å². The second-order valence-electron chi connectivity index (χ2n) is 4.12. The molecule has 0 aliphatic heterocycles. The van der Waals surface area contributed by atoms with Crippen LogP contribution in [0, 0.1) is 5.82 Å². The maximum absolute atomic E-state index is 13.7. The van der Waals surface area contributed by atoms with Gasteiger partial charge in [0, 0.05) is 18.0 Å². The summed E-state index contributed by atoms with van der Waals surface area (Å²) in [6.07, 6.45) is 4.14. The lowest BCUT2D eigenvalue weighted by Crippen LogP contribution is -1.97. The van der Waals surface area contributed by atoms with E-state index in [1.165, 1.54) is 22.3 Å². The van der Waals surface area contributed by atoms with E-state index in [4.69, 9.17) is 0 Å². The molecule has 3 aromatic rings. The minimum atomic E-state index is -0.314. The molecule has 3 rings (SSSR count). The minimum Gasteiger partial charge on any atom is -0.328 e. The molecule has 1 aromatic carbocycles. The number of hydrogen-bond donors (Lipinski definition) is 1. The van der Waals surface area contributed by atoms with E-state index in [0.29, 0.717) is 10.8 Å². The average Bonchev–Trinajstić information content (AvgIpc) is 3.09. The molecule has 2 aromatic heterocycles. The highest BCUT2D eigenvalue weighted by Crippen LogP contribution is 2.20. The molecule has 20 heavy (non-hydrogen) atoms. The van der Waals surface area contributed by atoms with E-state index in [0.717, 1.165) is 17.9 Å². The highest BCUT2D eigenvalue weighted by Gasteiger charge is 2.07. The Kier molecular flexibility index (Phi) is 3.42. The van der Waals surface area contributed by atoms with Crippen LogP contribution >= 0.6 is 11.5 Å². The second-order valence-corrected chi connectivity index (χ2v) is 4.87. The van der Waals surface area contributed by atoms with Gasteiger partial charge in [-0.05, 0) is 12.1 Å². The first-order valence-electron chi connectivity index (χ1n) is 6.15. The maximum atomic E-state index is 13.7. The third kappa shape index (κ3) is 2.53. The first-order valence-corrected chi connectivity index (χ1v) is 6.93. The molecule has 0 unspecified atom stereocenters. The SMILES string of the molecule is CCc1nsc(Nc2cnn(-c3ccccc3F)c2)n1. The normalized spacial score (nSPS) is 10.7. The molecule has 0 saturated heterocycles. The summed E-state index contributed by atoms with van der Waals surface area (Å²) in [6.45, 7) is 2.00. The molecule has 0 saturated carbocycles. The number of hydrogen-bond acceptors (Lipinski definition) is 5. The number of rotatable bonds is 4. The van der Waals surface area contributed by atoms with Crippen molar-refractivity contribution in [1.29, 1.82) is 0 Å². The fourth-order valence-electron chi connectivity index (χ4n) is 1.73. The van der Waals surface area contributed by atoms with Gasteiger partial charge in [-0.3, -0.25) is 0 Å². The van der Waals surface area contributed by atoms with Crippen molar-refractivity contribution in [3.8, 4) is 5.69 Å². The van der Waals surface area contributed by atoms with Crippen molar-refractivity contribution in [3.05, 3.63) is 48.3 Å². The van der Waals surface area contributed by atoms with Crippen molar-refractivity contribution in [2.24, 2.45) is 0 Å². The third-order valence-electron chi connectivity index (χ3n) is 2.72. The molecule has 5 nitrogen and oxygen atoms in total. The van der Waals surface area contributed by atoms with Crippen molar-refractivity contribution in [3.63, 3.8) is 0 Å². The van der Waals surface area contributed by atoms with E-state index in [1.807, 2.05) is 6.92 Å². The lowest BCUT2D eigenvalue weighted by atomic mass is 10.3. The smallest absolute Gasteiger partial charge is 0.207 e. The topological polar surface area (TPSA) is 55.6 Å². The van der Waals surface area contributed by atoms with E-state index >= 15 is 0 Å². The van der Waals surface area contributed by atoms with E-state index in [9.17, 15) is 4.39 Å². The summed E-state index contributed by atoms with van der Waals surface area (Å²) in [4.78, 5) is 4.31. The number of aryl methyl sites for hydroxylation is 1. The fraction of sp³-hybridized carbons (Fsp3) is 0.154. The summed E-state index contributed by atoms with van der Waals surface area (Å²) < 4.78 is 19.3. The number of benzene rings is 1. The average molecular weight is 289 g/mol. The van der Waals surface area contributed by atoms with Gasteiger partial charge in [-0.2, -0.15) is 9.47 Å². The van der Waals surface area contributed by atoms with Crippen molar-refractivity contribution in [2.75, 3.05) is 5.32 Å². The Balaban J connectivity index is 1.82. The van der Waals surface area contributed by atoms with Gasteiger partial charge in [0.25, 0.3) is 0 Å². The quantitative estimate of drug-likeness (QED) is 0.801. The first-order chi connectivity index (χ1) is 9.76. The van der Waals surface area contributed by atoms with Crippen LogP contribution in [-0.2, 0) is 6.42 Å². The van der Waals surface area contributed by atoms with Gasteiger partial charge in [0.1, 0.15) is 17.3 Å². The molecule has 0 spiro atoms. The van der Waals surface area contributed by atoms with Crippen LogP contribution in [-0.4, -0.2) is 19.1 Å². The molecule has 0 aliphatic rings. The van der Waals surface area contributed by atoms with Crippen LogP contribution in [0.5, 0.6) is 0 Å². The predicted molar refractivity (Wildman–Crippen MR) is 76.1 cm³/mol. The Morgan fingerprint density at radius 2 is 2.20 bits per heavy atom. The lowest BCUT2D eigenvalue weighted by molar-refractivity contribution is 0.611. The molecule has 1 N–H and O–H groups in total. The van der Waals surface area contributed by atoms with Gasteiger partial charge >= 0.3 is 0 Å². The Labute approximate surface area is 119 Å². The van der Waals surface area contributed by atoms with E-state index in [-0.39, 0.29) is 5.82 Å². The Hall–Kier alpha value is -2.28. The molecule has 0 bridgehead atoms. The summed E-state index contributed by atoms with van der Waals surface area (Å²) in [5.74, 6) is 0.491. The van der Waals surface area contributed by atoms with Gasteiger partial charge in [-0.25, -0.2) is 14.1 Å². The van der Waals surface area contributed by atoms with E-state index in [1.54, 1.807) is 30.6 Å².